The van der Waals surface area contributed by atoms with E-state index in [0.717, 1.165) is 5.56 Å². The van der Waals surface area contributed by atoms with E-state index in [1.54, 1.807) is 30.3 Å². The molecule has 0 radical (unpaired) electrons. The molecule has 0 aromatic heterocycles. The lowest BCUT2D eigenvalue weighted by Gasteiger charge is -2.13. The van der Waals surface area contributed by atoms with Crippen molar-refractivity contribution in [2.75, 3.05) is 6.79 Å². The largest absolute Gasteiger partial charge is 0.454 e. The van der Waals surface area contributed by atoms with Gasteiger partial charge in [-0.25, -0.2) is 4.39 Å². The number of fused-ring (bicyclic) bond motifs is 1. The van der Waals surface area contributed by atoms with Gasteiger partial charge in [0.1, 0.15) is 5.82 Å². The van der Waals surface area contributed by atoms with Crippen LogP contribution >= 0.6 is 15.9 Å². The van der Waals surface area contributed by atoms with Gasteiger partial charge < -0.3 is 14.6 Å². The second-order valence-corrected chi connectivity index (χ2v) is 5.34. The molecule has 0 saturated heterocycles. The van der Waals surface area contributed by atoms with E-state index in [0.29, 0.717) is 28.0 Å². The van der Waals surface area contributed by atoms with Crippen LogP contribution in [0.3, 0.4) is 0 Å². The summed E-state index contributed by atoms with van der Waals surface area (Å²) in [7, 11) is 0. The predicted octanol–water partition coefficient (Wildman–Crippen LogP) is 3.59. The highest BCUT2D eigenvalue weighted by molar-refractivity contribution is 9.10. The van der Waals surface area contributed by atoms with Gasteiger partial charge >= 0.3 is 0 Å². The monoisotopic (exact) mass is 338 g/mol. The Hall–Kier alpha value is -1.59. The highest BCUT2D eigenvalue weighted by Crippen LogP contribution is 2.35. The number of aliphatic hydroxyl groups is 1. The van der Waals surface area contributed by atoms with Crippen LogP contribution in [0, 0.1) is 5.82 Å². The summed E-state index contributed by atoms with van der Waals surface area (Å²) in [6.07, 6.45) is -0.416. The lowest BCUT2D eigenvalue weighted by atomic mass is 10.0. The van der Waals surface area contributed by atoms with Crippen molar-refractivity contribution in [2.45, 2.75) is 12.5 Å². The second-order valence-electron chi connectivity index (χ2n) is 4.55. The maximum Gasteiger partial charge on any atom is 0.231 e. The van der Waals surface area contributed by atoms with E-state index in [2.05, 4.69) is 15.9 Å². The summed E-state index contributed by atoms with van der Waals surface area (Å²) < 4.78 is 24.3. The van der Waals surface area contributed by atoms with Crippen molar-refractivity contribution in [3.05, 3.63) is 57.8 Å². The molecule has 1 aliphatic heterocycles. The summed E-state index contributed by atoms with van der Waals surface area (Å²) in [5.74, 6) is 0.966. The van der Waals surface area contributed by atoms with Crippen LogP contribution in [-0.2, 0) is 6.42 Å². The van der Waals surface area contributed by atoms with E-state index in [9.17, 15) is 9.50 Å². The number of ether oxygens (including phenoxy) is 2. The molecule has 1 N–H and O–H groups in total. The Morgan fingerprint density at radius 3 is 2.85 bits per heavy atom. The number of rotatable bonds is 3. The maximum absolute atomic E-state index is 13.4. The topological polar surface area (TPSA) is 38.7 Å². The zero-order chi connectivity index (χ0) is 14.1. The standard InChI is InChI=1S/C15H12BrFO3/c16-15-10(2-1-3-11(15)17)6-12(18)9-4-5-13-14(7-9)20-8-19-13/h1-5,7,12,18H,6,8H2. The molecule has 0 amide bonds. The third-order valence-corrected chi connectivity index (χ3v) is 4.11. The molecule has 1 unspecified atom stereocenters. The van der Waals surface area contributed by atoms with Crippen LogP contribution < -0.4 is 9.47 Å². The SMILES string of the molecule is OC(Cc1cccc(F)c1Br)c1ccc2c(c1)OCO2. The third kappa shape index (κ3) is 2.51. The first-order valence-corrected chi connectivity index (χ1v) is 6.95. The van der Waals surface area contributed by atoms with Crippen molar-refractivity contribution >= 4 is 15.9 Å². The first kappa shape index (κ1) is 13.4. The second kappa shape index (κ2) is 5.42. The van der Waals surface area contributed by atoms with Gasteiger partial charge in [0.25, 0.3) is 0 Å². The van der Waals surface area contributed by atoms with Crippen molar-refractivity contribution in [3.8, 4) is 11.5 Å². The van der Waals surface area contributed by atoms with Crippen LogP contribution in [0.15, 0.2) is 40.9 Å². The summed E-state index contributed by atoms with van der Waals surface area (Å²) in [5.41, 5.74) is 1.43. The van der Waals surface area contributed by atoms with Crippen LogP contribution in [0.25, 0.3) is 0 Å². The Morgan fingerprint density at radius 2 is 2.00 bits per heavy atom. The molecule has 2 aromatic rings. The van der Waals surface area contributed by atoms with Crippen molar-refractivity contribution in [2.24, 2.45) is 0 Å². The van der Waals surface area contributed by atoms with E-state index in [4.69, 9.17) is 9.47 Å². The summed E-state index contributed by atoms with van der Waals surface area (Å²) in [6.45, 7) is 0.199. The fourth-order valence-corrected chi connectivity index (χ4v) is 2.58. The molecule has 20 heavy (non-hydrogen) atoms. The molecule has 3 nitrogen and oxygen atoms in total. The van der Waals surface area contributed by atoms with Gasteiger partial charge in [-0.3, -0.25) is 0 Å². The van der Waals surface area contributed by atoms with Crippen LogP contribution in [0.2, 0.25) is 0 Å². The predicted molar refractivity (Wildman–Crippen MR) is 75.3 cm³/mol. The van der Waals surface area contributed by atoms with Gasteiger partial charge in [-0.2, -0.15) is 0 Å². The number of hydrogen-bond acceptors (Lipinski definition) is 3. The lowest BCUT2D eigenvalue weighted by Crippen LogP contribution is -2.03. The normalized spacial score (nSPS) is 14.3. The minimum Gasteiger partial charge on any atom is -0.454 e. The van der Waals surface area contributed by atoms with Gasteiger partial charge in [-0.1, -0.05) is 18.2 Å². The smallest absolute Gasteiger partial charge is 0.231 e. The van der Waals surface area contributed by atoms with Crippen molar-refractivity contribution in [3.63, 3.8) is 0 Å². The summed E-state index contributed by atoms with van der Waals surface area (Å²) in [5, 5.41) is 10.3. The number of aliphatic hydroxyl groups excluding tert-OH is 1. The molecule has 1 atom stereocenters. The lowest BCUT2D eigenvalue weighted by molar-refractivity contribution is 0.171. The summed E-state index contributed by atoms with van der Waals surface area (Å²) >= 11 is 3.20. The molecular formula is C15H12BrFO3. The van der Waals surface area contributed by atoms with E-state index >= 15 is 0 Å². The molecule has 5 heteroatoms. The Kier molecular flexibility index (Phi) is 3.63. The van der Waals surface area contributed by atoms with Crippen LogP contribution in [0.1, 0.15) is 17.2 Å². The zero-order valence-corrected chi connectivity index (χ0v) is 12.1. The van der Waals surface area contributed by atoms with Gasteiger partial charge in [0.2, 0.25) is 6.79 Å². The van der Waals surface area contributed by atoms with Crippen LogP contribution in [0.5, 0.6) is 11.5 Å². The first-order chi connectivity index (χ1) is 9.65. The number of benzene rings is 2. The van der Waals surface area contributed by atoms with E-state index in [1.165, 1.54) is 6.07 Å². The molecule has 0 saturated carbocycles. The average Bonchev–Trinajstić information content (AvgIpc) is 2.91. The summed E-state index contributed by atoms with van der Waals surface area (Å²) in [4.78, 5) is 0. The van der Waals surface area contributed by atoms with Crippen molar-refractivity contribution < 1.29 is 19.0 Å². The number of hydrogen-bond donors (Lipinski definition) is 1. The maximum atomic E-state index is 13.4. The Labute approximate surface area is 124 Å². The van der Waals surface area contributed by atoms with Gasteiger partial charge in [0, 0.05) is 6.42 Å². The van der Waals surface area contributed by atoms with Gasteiger partial charge in [-0.05, 0) is 45.3 Å². The van der Waals surface area contributed by atoms with Gasteiger partial charge in [0.15, 0.2) is 11.5 Å². The Balaban J connectivity index is 1.82. The molecular weight excluding hydrogens is 327 g/mol. The van der Waals surface area contributed by atoms with Crippen molar-refractivity contribution in [1.82, 2.24) is 0 Å². The molecule has 0 bridgehead atoms. The molecule has 1 heterocycles. The Bertz CT molecular complexity index is 645. The molecule has 0 aliphatic carbocycles. The Morgan fingerprint density at radius 1 is 1.20 bits per heavy atom. The van der Waals surface area contributed by atoms with Crippen LogP contribution in [-0.4, -0.2) is 11.9 Å². The molecule has 104 valence electrons. The molecule has 0 fully saturated rings. The fourth-order valence-electron chi connectivity index (χ4n) is 2.15. The summed E-state index contributed by atoms with van der Waals surface area (Å²) in [6, 6.07) is 10.1. The minimum atomic E-state index is -0.734. The van der Waals surface area contributed by atoms with Crippen molar-refractivity contribution in [1.29, 1.82) is 0 Å². The zero-order valence-electron chi connectivity index (χ0n) is 10.5. The minimum absolute atomic E-state index is 0.199. The van der Waals surface area contributed by atoms with Gasteiger partial charge in [0.05, 0.1) is 10.6 Å². The van der Waals surface area contributed by atoms with E-state index < -0.39 is 6.10 Å². The molecule has 2 aromatic carbocycles. The highest BCUT2D eigenvalue weighted by atomic mass is 79.9. The molecule has 3 rings (SSSR count). The van der Waals surface area contributed by atoms with E-state index in [-0.39, 0.29) is 12.6 Å². The van der Waals surface area contributed by atoms with E-state index in [1.807, 2.05) is 0 Å². The third-order valence-electron chi connectivity index (χ3n) is 3.23. The number of halogens is 2. The highest BCUT2D eigenvalue weighted by Gasteiger charge is 2.18. The first-order valence-electron chi connectivity index (χ1n) is 6.15. The van der Waals surface area contributed by atoms with Crippen LogP contribution in [0.4, 0.5) is 4.39 Å². The quantitative estimate of drug-likeness (QED) is 0.929. The fraction of sp³-hybridized carbons (Fsp3) is 0.200. The average molecular weight is 339 g/mol. The molecule has 0 spiro atoms. The molecule has 1 aliphatic rings. The van der Waals surface area contributed by atoms with Gasteiger partial charge in [-0.15, -0.1) is 0 Å².